The number of nitrogens with zero attached hydrogens (tertiary/aromatic N) is 1. The van der Waals surface area contributed by atoms with Crippen LogP contribution in [0.3, 0.4) is 0 Å². The van der Waals surface area contributed by atoms with Gasteiger partial charge in [0.1, 0.15) is 5.82 Å². The third-order valence-corrected chi connectivity index (χ3v) is 2.99. The number of rotatable bonds is 5. The van der Waals surface area contributed by atoms with Crippen molar-refractivity contribution >= 4 is 11.8 Å². The summed E-state index contributed by atoms with van der Waals surface area (Å²) in [6, 6.07) is 1.80. The number of halogens is 1. The first-order valence-electron chi connectivity index (χ1n) is 4.64. The van der Waals surface area contributed by atoms with Crippen LogP contribution in [0.25, 0.3) is 0 Å². The highest BCUT2D eigenvalue weighted by Crippen LogP contribution is 2.19. The summed E-state index contributed by atoms with van der Waals surface area (Å²) in [6.07, 6.45) is 2.88. The normalized spacial score (nSPS) is 12.8. The first-order valence-corrected chi connectivity index (χ1v) is 5.79. The summed E-state index contributed by atoms with van der Waals surface area (Å²) in [5, 5.41) is 3.11. The molecule has 14 heavy (non-hydrogen) atoms. The number of hydrogen-bond acceptors (Lipinski definition) is 3. The maximum atomic E-state index is 13.3. The second-order valence-electron chi connectivity index (χ2n) is 2.90. The second kappa shape index (κ2) is 5.98. The number of hydrogen-bond donors (Lipinski definition) is 1. The highest BCUT2D eigenvalue weighted by atomic mass is 32.2. The summed E-state index contributed by atoms with van der Waals surface area (Å²) < 4.78 is 13.3. The Bertz CT molecular complexity index is 281. The van der Waals surface area contributed by atoms with Crippen molar-refractivity contribution in [3.05, 3.63) is 29.8 Å². The summed E-state index contributed by atoms with van der Waals surface area (Å²) in [5.74, 6) is 1.70. The summed E-state index contributed by atoms with van der Waals surface area (Å²) in [4.78, 5) is 3.73. The summed E-state index contributed by atoms with van der Waals surface area (Å²) in [6.45, 7) is 2.10. The predicted molar refractivity (Wildman–Crippen MR) is 59.0 cm³/mol. The molecule has 0 fully saturated rings. The van der Waals surface area contributed by atoms with Crippen LogP contribution in [-0.2, 0) is 0 Å². The maximum absolute atomic E-state index is 13.3. The van der Waals surface area contributed by atoms with Crippen LogP contribution in [0, 0.1) is 5.82 Å². The van der Waals surface area contributed by atoms with Crippen molar-refractivity contribution in [2.75, 3.05) is 18.6 Å². The molecule has 0 amide bonds. The lowest BCUT2D eigenvalue weighted by Crippen LogP contribution is -2.20. The molecule has 2 nitrogen and oxygen atoms in total. The lowest BCUT2D eigenvalue weighted by atomic mass is 10.1. The second-order valence-corrected chi connectivity index (χ2v) is 4.22. The lowest BCUT2D eigenvalue weighted by Gasteiger charge is -2.16. The first-order chi connectivity index (χ1) is 6.79. The van der Waals surface area contributed by atoms with Gasteiger partial charge in [0.05, 0.1) is 6.20 Å². The van der Waals surface area contributed by atoms with Gasteiger partial charge in [-0.2, -0.15) is 11.8 Å². The highest BCUT2D eigenvalue weighted by molar-refractivity contribution is 7.99. The monoisotopic (exact) mass is 214 g/mol. The minimum absolute atomic E-state index is 0.0722. The summed E-state index contributed by atoms with van der Waals surface area (Å²) in [7, 11) is 1.85. The third kappa shape index (κ3) is 2.96. The lowest BCUT2D eigenvalue weighted by molar-refractivity contribution is 0.561. The maximum Gasteiger partial charge on any atom is 0.146 e. The Kier molecular flexibility index (Phi) is 4.90. The van der Waals surface area contributed by atoms with E-state index in [2.05, 4.69) is 17.2 Å². The van der Waals surface area contributed by atoms with E-state index < -0.39 is 0 Å². The standard InChI is InChI=1S/C10H15FN2S/c1-3-14-7-10(12-2)8-4-5-13-6-9(8)11/h4-6,10,12H,3,7H2,1-2H3. The van der Waals surface area contributed by atoms with Crippen LogP contribution in [0.4, 0.5) is 4.39 Å². The molecular weight excluding hydrogens is 199 g/mol. The molecule has 0 aliphatic carbocycles. The molecule has 0 aliphatic heterocycles. The number of pyridine rings is 1. The molecule has 1 N–H and O–H groups in total. The molecule has 0 saturated heterocycles. The minimum Gasteiger partial charge on any atom is -0.312 e. The Balaban J connectivity index is 2.73. The van der Waals surface area contributed by atoms with E-state index in [1.54, 1.807) is 24.0 Å². The molecule has 0 saturated carbocycles. The molecule has 1 aromatic heterocycles. The van der Waals surface area contributed by atoms with Crippen molar-refractivity contribution in [3.8, 4) is 0 Å². The van der Waals surface area contributed by atoms with Crippen LogP contribution in [-0.4, -0.2) is 23.5 Å². The molecule has 1 aromatic rings. The van der Waals surface area contributed by atoms with Crippen LogP contribution in [0.2, 0.25) is 0 Å². The largest absolute Gasteiger partial charge is 0.312 e. The van der Waals surface area contributed by atoms with Crippen molar-refractivity contribution in [3.63, 3.8) is 0 Å². The zero-order valence-corrected chi connectivity index (χ0v) is 9.27. The van der Waals surface area contributed by atoms with Gasteiger partial charge in [-0.25, -0.2) is 4.39 Å². The Morgan fingerprint density at radius 2 is 2.43 bits per heavy atom. The van der Waals surface area contributed by atoms with Gasteiger partial charge in [-0.3, -0.25) is 4.98 Å². The van der Waals surface area contributed by atoms with Gasteiger partial charge < -0.3 is 5.32 Å². The average Bonchev–Trinajstić information content (AvgIpc) is 2.21. The van der Waals surface area contributed by atoms with Crippen LogP contribution in [0.1, 0.15) is 18.5 Å². The molecule has 0 aliphatic rings. The molecule has 0 radical (unpaired) electrons. The molecule has 4 heteroatoms. The van der Waals surface area contributed by atoms with E-state index in [0.717, 1.165) is 11.5 Å². The number of aromatic nitrogens is 1. The van der Waals surface area contributed by atoms with Gasteiger partial charge in [-0.1, -0.05) is 6.92 Å². The quantitative estimate of drug-likeness (QED) is 0.813. The van der Waals surface area contributed by atoms with Crippen molar-refractivity contribution < 1.29 is 4.39 Å². The molecule has 0 spiro atoms. The van der Waals surface area contributed by atoms with Crippen LogP contribution >= 0.6 is 11.8 Å². The van der Waals surface area contributed by atoms with Crippen molar-refractivity contribution in [1.29, 1.82) is 0 Å². The Morgan fingerprint density at radius 1 is 1.64 bits per heavy atom. The Hall–Kier alpha value is -0.610. The smallest absolute Gasteiger partial charge is 0.146 e. The van der Waals surface area contributed by atoms with E-state index in [9.17, 15) is 4.39 Å². The zero-order chi connectivity index (χ0) is 10.4. The summed E-state index contributed by atoms with van der Waals surface area (Å²) in [5.41, 5.74) is 0.698. The molecule has 1 atom stereocenters. The van der Waals surface area contributed by atoms with E-state index in [-0.39, 0.29) is 11.9 Å². The number of nitrogens with one attached hydrogen (secondary N) is 1. The van der Waals surface area contributed by atoms with E-state index >= 15 is 0 Å². The molecule has 0 bridgehead atoms. The molecule has 1 rings (SSSR count). The highest BCUT2D eigenvalue weighted by Gasteiger charge is 2.12. The van der Waals surface area contributed by atoms with Gasteiger partial charge in [0.15, 0.2) is 0 Å². The fraction of sp³-hybridized carbons (Fsp3) is 0.500. The molecule has 0 aromatic carbocycles. The van der Waals surface area contributed by atoms with E-state index in [4.69, 9.17) is 0 Å². The summed E-state index contributed by atoms with van der Waals surface area (Å²) >= 11 is 1.79. The average molecular weight is 214 g/mol. The fourth-order valence-corrected chi connectivity index (χ4v) is 2.05. The molecule has 78 valence electrons. The Labute approximate surface area is 88.3 Å². The van der Waals surface area contributed by atoms with Crippen LogP contribution in [0.5, 0.6) is 0 Å². The topological polar surface area (TPSA) is 24.9 Å². The van der Waals surface area contributed by atoms with Gasteiger partial charge in [-0.05, 0) is 18.9 Å². The van der Waals surface area contributed by atoms with Gasteiger partial charge in [-0.15, -0.1) is 0 Å². The van der Waals surface area contributed by atoms with Crippen molar-refractivity contribution in [2.24, 2.45) is 0 Å². The SMILES string of the molecule is CCSCC(NC)c1ccncc1F. The molecule has 1 heterocycles. The van der Waals surface area contributed by atoms with Crippen LogP contribution in [0.15, 0.2) is 18.5 Å². The van der Waals surface area contributed by atoms with Gasteiger partial charge in [0.25, 0.3) is 0 Å². The van der Waals surface area contributed by atoms with E-state index in [1.165, 1.54) is 6.20 Å². The fourth-order valence-electron chi connectivity index (χ4n) is 1.23. The van der Waals surface area contributed by atoms with Gasteiger partial charge in [0, 0.05) is 23.6 Å². The van der Waals surface area contributed by atoms with Gasteiger partial charge in [0.2, 0.25) is 0 Å². The van der Waals surface area contributed by atoms with Crippen molar-refractivity contribution in [2.45, 2.75) is 13.0 Å². The predicted octanol–water partition coefficient (Wildman–Crippen LogP) is 2.23. The Morgan fingerprint density at radius 3 is 3.00 bits per heavy atom. The molecule has 1 unspecified atom stereocenters. The van der Waals surface area contributed by atoms with Crippen LogP contribution < -0.4 is 5.32 Å². The molecular formula is C10H15FN2S. The minimum atomic E-state index is -0.233. The van der Waals surface area contributed by atoms with Crippen molar-refractivity contribution in [1.82, 2.24) is 10.3 Å². The number of thioether (sulfide) groups is 1. The van der Waals surface area contributed by atoms with E-state index in [1.807, 2.05) is 7.05 Å². The third-order valence-electron chi connectivity index (χ3n) is 2.02. The van der Waals surface area contributed by atoms with E-state index in [0.29, 0.717) is 5.56 Å². The van der Waals surface area contributed by atoms with Gasteiger partial charge >= 0.3 is 0 Å². The zero-order valence-electron chi connectivity index (χ0n) is 8.46. The first kappa shape index (κ1) is 11.5.